The van der Waals surface area contributed by atoms with Gasteiger partial charge >= 0.3 is 0 Å². The van der Waals surface area contributed by atoms with E-state index >= 15 is 0 Å². The number of aliphatic imine (C=N–C) groups is 2. The SMILES string of the molecule is CCCN(CC)C1=C2CC=C3C(N(CC)CC)=NC(N(CC)CC)=C3C=C2C(N(CC)CC)=N1. The number of hydrogen-bond acceptors (Lipinski definition) is 6. The maximum Gasteiger partial charge on any atom is 0.139 e. The van der Waals surface area contributed by atoms with E-state index in [0.29, 0.717) is 0 Å². The Bertz CT molecular complexity index is 921. The van der Waals surface area contributed by atoms with E-state index in [9.17, 15) is 0 Å². The van der Waals surface area contributed by atoms with Crippen molar-refractivity contribution in [1.29, 1.82) is 0 Å². The summed E-state index contributed by atoms with van der Waals surface area (Å²) >= 11 is 0. The Balaban J connectivity index is 2.24. The van der Waals surface area contributed by atoms with E-state index in [1.165, 1.54) is 28.1 Å². The number of rotatable bonds is 11. The van der Waals surface area contributed by atoms with Crippen molar-refractivity contribution in [3.8, 4) is 0 Å². The molecular weight excluding hydrogens is 420 g/mol. The third-order valence-electron chi connectivity index (χ3n) is 7.19. The number of nitrogens with zero attached hydrogens (tertiary/aromatic N) is 6. The number of fused-ring (bicyclic) bond motifs is 2. The van der Waals surface area contributed by atoms with Gasteiger partial charge in [-0.3, -0.25) is 0 Å². The van der Waals surface area contributed by atoms with Crippen molar-refractivity contribution >= 4 is 11.7 Å². The second-order valence-corrected chi connectivity index (χ2v) is 8.89. The van der Waals surface area contributed by atoms with Crippen molar-refractivity contribution in [2.24, 2.45) is 9.98 Å². The van der Waals surface area contributed by atoms with Gasteiger partial charge in [-0.05, 0) is 67.4 Å². The van der Waals surface area contributed by atoms with Gasteiger partial charge in [-0.25, -0.2) is 9.98 Å². The lowest BCUT2D eigenvalue weighted by atomic mass is 10.0. The van der Waals surface area contributed by atoms with E-state index in [4.69, 9.17) is 9.98 Å². The summed E-state index contributed by atoms with van der Waals surface area (Å²) in [5.74, 6) is 4.53. The van der Waals surface area contributed by atoms with Gasteiger partial charge in [-0.2, -0.15) is 0 Å². The largest absolute Gasteiger partial charge is 0.357 e. The van der Waals surface area contributed by atoms with Crippen molar-refractivity contribution in [2.75, 3.05) is 52.4 Å². The van der Waals surface area contributed by atoms with Gasteiger partial charge in [0.25, 0.3) is 0 Å². The Kier molecular flexibility index (Phi) is 9.03. The number of hydrogen-bond donors (Lipinski definition) is 0. The highest BCUT2D eigenvalue weighted by molar-refractivity contribution is 6.10. The highest BCUT2D eigenvalue weighted by Crippen LogP contribution is 2.40. The minimum absolute atomic E-state index is 0.889. The molecule has 0 unspecified atom stereocenters. The monoisotopic (exact) mass is 466 g/mol. The molecule has 6 nitrogen and oxygen atoms in total. The van der Waals surface area contributed by atoms with Crippen LogP contribution in [0, 0.1) is 0 Å². The number of likely N-dealkylation sites (N-methyl/N-ethyl adjacent to an activating group) is 2. The van der Waals surface area contributed by atoms with Crippen molar-refractivity contribution in [1.82, 2.24) is 19.6 Å². The van der Waals surface area contributed by atoms with E-state index in [2.05, 4.69) is 87.1 Å². The topological polar surface area (TPSA) is 37.7 Å². The molecule has 3 rings (SSSR count). The maximum absolute atomic E-state index is 5.28. The third kappa shape index (κ3) is 4.69. The van der Waals surface area contributed by atoms with Crippen molar-refractivity contribution < 1.29 is 0 Å². The van der Waals surface area contributed by atoms with Crippen LogP contribution in [0.1, 0.15) is 68.2 Å². The molecule has 0 fully saturated rings. The smallest absolute Gasteiger partial charge is 0.139 e. The fourth-order valence-electron chi connectivity index (χ4n) is 5.23. The number of amidine groups is 2. The molecule has 0 atom stereocenters. The quantitative estimate of drug-likeness (QED) is 0.417. The molecule has 0 saturated carbocycles. The predicted molar refractivity (Wildman–Crippen MR) is 146 cm³/mol. The highest BCUT2D eigenvalue weighted by Gasteiger charge is 2.35. The molecule has 188 valence electrons. The molecular formula is C28H46N6. The van der Waals surface area contributed by atoms with Gasteiger partial charge in [0.1, 0.15) is 23.3 Å². The van der Waals surface area contributed by atoms with E-state index in [-0.39, 0.29) is 0 Å². The molecule has 0 spiro atoms. The Labute approximate surface area is 208 Å². The molecule has 6 heteroatoms. The van der Waals surface area contributed by atoms with E-state index < -0.39 is 0 Å². The summed E-state index contributed by atoms with van der Waals surface area (Å²) in [6, 6.07) is 0. The van der Waals surface area contributed by atoms with Crippen molar-refractivity contribution in [2.45, 2.75) is 68.2 Å². The fourth-order valence-corrected chi connectivity index (χ4v) is 5.23. The van der Waals surface area contributed by atoms with Gasteiger partial charge in [0, 0.05) is 74.7 Å². The molecule has 0 saturated heterocycles. The Morgan fingerprint density at radius 3 is 1.62 bits per heavy atom. The van der Waals surface area contributed by atoms with Gasteiger partial charge in [0.2, 0.25) is 0 Å². The van der Waals surface area contributed by atoms with E-state index in [0.717, 1.165) is 82.7 Å². The molecule has 0 N–H and O–H groups in total. The Hall–Kier alpha value is -2.50. The van der Waals surface area contributed by atoms with Crippen LogP contribution in [0.3, 0.4) is 0 Å². The van der Waals surface area contributed by atoms with Crippen molar-refractivity contribution in [3.63, 3.8) is 0 Å². The van der Waals surface area contributed by atoms with Crippen LogP contribution in [-0.4, -0.2) is 83.6 Å². The maximum atomic E-state index is 5.28. The molecule has 0 aromatic rings. The Morgan fingerprint density at radius 2 is 1.12 bits per heavy atom. The predicted octanol–water partition coefficient (Wildman–Crippen LogP) is 5.25. The number of allylic oxidation sites excluding steroid dienone is 2. The molecule has 0 radical (unpaired) electrons. The average molecular weight is 467 g/mol. The zero-order chi connectivity index (χ0) is 24.8. The minimum atomic E-state index is 0.889. The van der Waals surface area contributed by atoms with Crippen LogP contribution < -0.4 is 0 Å². The lowest BCUT2D eigenvalue weighted by molar-refractivity contribution is 0.356. The lowest BCUT2D eigenvalue weighted by Gasteiger charge is -2.23. The lowest BCUT2D eigenvalue weighted by Crippen LogP contribution is -2.31. The summed E-state index contributed by atoms with van der Waals surface area (Å²) in [5.41, 5.74) is 5.20. The molecule has 2 aliphatic heterocycles. The standard InChI is InChI=1S/C28H46N6/c1-9-19-34(16-8)26-22-18-17-21-23(20-24(22)28(30-26)33(14-6)15-7)27(32(12-4)13-5)29-25(21)31(10-2)11-3/h17,20H,9-16,18-19H2,1-8H3. The molecule has 34 heavy (non-hydrogen) atoms. The highest BCUT2D eigenvalue weighted by atomic mass is 15.3. The van der Waals surface area contributed by atoms with E-state index in [1.54, 1.807) is 0 Å². The minimum Gasteiger partial charge on any atom is -0.357 e. The van der Waals surface area contributed by atoms with Gasteiger partial charge < -0.3 is 19.6 Å². The normalized spacial score (nSPS) is 17.1. The summed E-state index contributed by atoms with van der Waals surface area (Å²) in [5, 5.41) is 0. The summed E-state index contributed by atoms with van der Waals surface area (Å²) in [7, 11) is 0. The van der Waals surface area contributed by atoms with Crippen molar-refractivity contribution in [3.05, 3.63) is 46.1 Å². The third-order valence-corrected chi connectivity index (χ3v) is 7.19. The van der Waals surface area contributed by atoms with Gasteiger partial charge in [0.05, 0.1) is 0 Å². The first-order chi connectivity index (χ1) is 16.5. The van der Waals surface area contributed by atoms with Crippen LogP contribution in [0.25, 0.3) is 0 Å². The second-order valence-electron chi connectivity index (χ2n) is 8.89. The summed E-state index contributed by atoms with van der Waals surface area (Å²) in [6.45, 7) is 25.6. The zero-order valence-electron chi connectivity index (χ0n) is 22.9. The van der Waals surface area contributed by atoms with Gasteiger partial charge in [0.15, 0.2) is 0 Å². The summed E-state index contributed by atoms with van der Waals surface area (Å²) in [4.78, 5) is 20.2. The molecule has 0 aromatic heterocycles. The summed E-state index contributed by atoms with van der Waals surface area (Å²) in [6.07, 6.45) is 6.84. The molecule has 0 amide bonds. The van der Waals surface area contributed by atoms with Crippen LogP contribution in [-0.2, 0) is 0 Å². The van der Waals surface area contributed by atoms with Gasteiger partial charge in [-0.1, -0.05) is 13.0 Å². The second kappa shape index (κ2) is 11.8. The average Bonchev–Trinajstić information content (AvgIpc) is 3.30. The molecule has 2 heterocycles. The molecule has 0 aromatic carbocycles. The zero-order valence-corrected chi connectivity index (χ0v) is 22.9. The van der Waals surface area contributed by atoms with Crippen LogP contribution in [0.2, 0.25) is 0 Å². The first-order valence-corrected chi connectivity index (χ1v) is 13.6. The van der Waals surface area contributed by atoms with Crippen LogP contribution in [0.15, 0.2) is 56.1 Å². The molecule has 1 aliphatic carbocycles. The van der Waals surface area contributed by atoms with E-state index in [1.807, 2.05) is 0 Å². The Morgan fingerprint density at radius 1 is 0.618 bits per heavy atom. The van der Waals surface area contributed by atoms with Gasteiger partial charge in [-0.15, -0.1) is 0 Å². The van der Waals surface area contributed by atoms with Crippen LogP contribution in [0.4, 0.5) is 0 Å². The molecule has 3 aliphatic rings. The first-order valence-electron chi connectivity index (χ1n) is 13.6. The molecule has 0 bridgehead atoms. The summed E-state index contributed by atoms with van der Waals surface area (Å²) < 4.78 is 0. The van der Waals surface area contributed by atoms with Crippen LogP contribution >= 0.6 is 0 Å². The first kappa shape index (κ1) is 26.1. The van der Waals surface area contributed by atoms with Crippen LogP contribution in [0.5, 0.6) is 0 Å². The fraction of sp³-hybridized carbons (Fsp3) is 0.643.